The number of ether oxygens (including phenoxy) is 2. The summed E-state index contributed by atoms with van der Waals surface area (Å²) in [5, 5.41) is 0. The number of piperidine rings is 1. The van der Waals surface area contributed by atoms with Gasteiger partial charge in [0.2, 0.25) is 5.91 Å². The topological polar surface area (TPSA) is 56.6 Å². The molecule has 1 saturated heterocycles. The quantitative estimate of drug-likeness (QED) is 0.555. The predicted octanol–water partition coefficient (Wildman–Crippen LogP) is 4.56. The first-order valence-corrected chi connectivity index (χ1v) is 11.4. The van der Waals surface area contributed by atoms with Crippen molar-refractivity contribution in [3.8, 4) is 11.4 Å². The highest BCUT2D eigenvalue weighted by Crippen LogP contribution is 2.44. The van der Waals surface area contributed by atoms with Crippen LogP contribution in [0.25, 0.3) is 11.8 Å². The van der Waals surface area contributed by atoms with Crippen LogP contribution in [-0.4, -0.2) is 40.6 Å². The van der Waals surface area contributed by atoms with Crippen molar-refractivity contribution in [2.24, 2.45) is 0 Å². The summed E-state index contributed by atoms with van der Waals surface area (Å²) in [5.74, 6) is 1.67. The fourth-order valence-electron chi connectivity index (χ4n) is 5.02. The van der Waals surface area contributed by atoms with E-state index in [1.807, 2.05) is 53.8 Å². The van der Waals surface area contributed by atoms with Gasteiger partial charge in [-0.25, -0.2) is 4.98 Å². The van der Waals surface area contributed by atoms with Crippen molar-refractivity contribution in [2.75, 3.05) is 20.2 Å². The molecule has 1 aromatic heterocycles. The number of carbonyl (C=O) groups is 1. The van der Waals surface area contributed by atoms with Crippen LogP contribution in [0.15, 0.2) is 54.7 Å². The molecule has 170 valence electrons. The fraction of sp³-hybridized carbons (Fsp3) is 0.333. The van der Waals surface area contributed by atoms with E-state index < -0.39 is 0 Å². The largest absolute Gasteiger partial charge is 0.495 e. The molecule has 6 heteroatoms. The van der Waals surface area contributed by atoms with Crippen LogP contribution in [0, 0.1) is 13.8 Å². The molecule has 1 amide bonds. The number of amides is 1. The molecule has 0 N–H and O–H groups in total. The minimum Gasteiger partial charge on any atom is -0.495 e. The highest BCUT2D eigenvalue weighted by Gasteiger charge is 2.42. The number of likely N-dealkylation sites (tertiary alicyclic amines) is 1. The zero-order valence-electron chi connectivity index (χ0n) is 19.4. The number of benzene rings is 2. The van der Waals surface area contributed by atoms with E-state index in [9.17, 15) is 4.79 Å². The van der Waals surface area contributed by atoms with Gasteiger partial charge in [0.25, 0.3) is 0 Å². The van der Waals surface area contributed by atoms with Crippen molar-refractivity contribution in [3.05, 3.63) is 82.9 Å². The molecule has 5 rings (SSSR count). The first-order valence-electron chi connectivity index (χ1n) is 11.4. The van der Waals surface area contributed by atoms with Gasteiger partial charge in [0.15, 0.2) is 0 Å². The molecule has 0 bridgehead atoms. The molecule has 6 nitrogen and oxygen atoms in total. The summed E-state index contributed by atoms with van der Waals surface area (Å²) in [7, 11) is 1.66. The van der Waals surface area contributed by atoms with Gasteiger partial charge >= 0.3 is 0 Å². The van der Waals surface area contributed by atoms with Gasteiger partial charge in [0.1, 0.15) is 11.6 Å². The second-order valence-electron chi connectivity index (χ2n) is 8.83. The number of methoxy groups -OCH3 is 1. The lowest BCUT2D eigenvalue weighted by Gasteiger charge is -2.39. The minimum absolute atomic E-state index is 0.0280. The van der Waals surface area contributed by atoms with Crippen LogP contribution in [0.3, 0.4) is 0 Å². The van der Waals surface area contributed by atoms with Crippen molar-refractivity contribution in [1.29, 1.82) is 0 Å². The van der Waals surface area contributed by atoms with E-state index in [2.05, 4.69) is 29.2 Å². The number of fused-ring (bicyclic) bond motifs is 2. The van der Waals surface area contributed by atoms with Gasteiger partial charge in [-0.2, -0.15) is 0 Å². The third-order valence-corrected chi connectivity index (χ3v) is 6.78. The Morgan fingerprint density at radius 2 is 1.94 bits per heavy atom. The van der Waals surface area contributed by atoms with Crippen molar-refractivity contribution in [3.63, 3.8) is 0 Å². The molecule has 3 aromatic rings. The standard InChI is InChI=1S/C27H29N3O3/c1-19-17-30(20(2)28-19)24-10-8-21(16-25(24)32-3)9-11-26(31)29-14-12-27(13-15-29)23-7-5-4-6-22(23)18-33-27/h4-11,16-17H,12-15,18H2,1-3H3. The van der Waals surface area contributed by atoms with Crippen LogP contribution in [0.2, 0.25) is 0 Å². The lowest BCUT2D eigenvalue weighted by Crippen LogP contribution is -2.44. The summed E-state index contributed by atoms with van der Waals surface area (Å²) in [6, 6.07) is 14.4. The van der Waals surface area contributed by atoms with Crippen molar-refractivity contribution >= 4 is 12.0 Å². The molecule has 3 heterocycles. The maximum atomic E-state index is 12.9. The normalized spacial score (nSPS) is 17.0. The Labute approximate surface area is 194 Å². The summed E-state index contributed by atoms with van der Waals surface area (Å²) in [4.78, 5) is 19.2. The van der Waals surface area contributed by atoms with E-state index in [1.165, 1.54) is 11.1 Å². The number of aryl methyl sites for hydroxylation is 2. The first kappa shape index (κ1) is 21.5. The molecule has 0 aliphatic carbocycles. The van der Waals surface area contributed by atoms with Crippen LogP contribution in [0.4, 0.5) is 0 Å². The summed E-state index contributed by atoms with van der Waals surface area (Å²) in [6.45, 7) is 5.99. The molecule has 1 spiro atoms. The minimum atomic E-state index is -0.232. The van der Waals surface area contributed by atoms with Gasteiger partial charge in [-0.05, 0) is 61.6 Å². The maximum absolute atomic E-state index is 12.9. The van der Waals surface area contributed by atoms with Crippen molar-refractivity contribution in [1.82, 2.24) is 14.5 Å². The monoisotopic (exact) mass is 443 g/mol. The summed E-state index contributed by atoms with van der Waals surface area (Å²) in [5.41, 5.74) is 5.14. The van der Waals surface area contributed by atoms with E-state index in [1.54, 1.807) is 13.2 Å². The number of rotatable bonds is 4. The van der Waals surface area contributed by atoms with Crippen LogP contribution < -0.4 is 4.74 Å². The fourth-order valence-corrected chi connectivity index (χ4v) is 5.02. The Kier molecular flexibility index (Phi) is 5.54. The predicted molar refractivity (Wildman–Crippen MR) is 127 cm³/mol. The Morgan fingerprint density at radius 3 is 2.67 bits per heavy atom. The van der Waals surface area contributed by atoms with Crippen LogP contribution in [0.5, 0.6) is 5.75 Å². The first-order chi connectivity index (χ1) is 16.0. The molecule has 0 radical (unpaired) electrons. The van der Waals surface area contributed by atoms with Gasteiger partial charge in [-0.3, -0.25) is 4.79 Å². The molecular weight excluding hydrogens is 414 g/mol. The Bertz CT molecular complexity index is 1220. The summed E-state index contributed by atoms with van der Waals surface area (Å²) < 4.78 is 13.8. The zero-order chi connectivity index (χ0) is 23.0. The van der Waals surface area contributed by atoms with E-state index in [0.29, 0.717) is 19.7 Å². The maximum Gasteiger partial charge on any atom is 0.246 e. The second kappa shape index (κ2) is 8.52. The van der Waals surface area contributed by atoms with Crippen molar-refractivity contribution in [2.45, 2.75) is 38.9 Å². The smallest absolute Gasteiger partial charge is 0.246 e. The van der Waals surface area contributed by atoms with Crippen LogP contribution in [-0.2, 0) is 21.7 Å². The van der Waals surface area contributed by atoms with Gasteiger partial charge in [0, 0.05) is 25.4 Å². The molecule has 2 aliphatic heterocycles. The van der Waals surface area contributed by atoms with E-state index >= 15 is 0 Å². The number of hydrogen-bond donors (Lipinski definition) is 0. The second-order valence-corrected chi connectivity index (χ2v) is 8.83. The Balaban J connectivity index is 1.27. The number of carbonyl (C=O) groups excluding carboxylic acids is 1. The highest BCUT2D eigenvalue weighted by atomic mass is 16.5. The third kappa shape index (κ3) is 3.95. The third-order valence-electron chi connectivity index (χ3n) is 6.78. The molecule has 2 aliphatic rings. The molecule has 33 heavy (non-hydrogen) atoms. The number of hydrogen-bond acceptors (Lipinski definition) is 4. The number of nitrogens with zero attached hydrogens (tertiary/aromatic N) is 3. The molecule has 0 saturated carbocycles. The molecule has 1 fully saturated rings. The SMILES string of the molecule is COc1cc(C=CC(=O)N2CCC3(CC2)OCc2ccccc23)ccc1-n1cc(C)nc1C. The van der Waals surface area contributed by atoms with E-state index in [0.717, 1.165) is 41.4 Å². The number of aromatic nitrogens is 2. The summed E-state index contributed by atoms with van der Waals surface area (Å²) in [6.07, 6.45) is 7.16. The van der Waals surface area contributed by atoms with Gasteiger partial charge in [0.05, 0.1) is 30.7 Å². The van der Waals surface area contributed by atoms with E-state index in [4.69, 9.17) is 9.47 Å². The Morgan fingerprint density at radius 1 is 1.15 bits per heavy atom. The lowest BCUT2D eigenvalue weighted by atomic mass is 9.84. The summed E-state index contributed by atoms with van der Waals surface area (Å²) >= 11 is 0. The average molecular weight is 444 g/mol. The van der Waals surface area contributed by atoms with Crippen LogP contribution >= 0.6 is 0 Å². The average Bonchev–Trinajstić information content (AvgIpc) is 3.37. The molecule has 0 unspecified atom stereocenters. The molecule has 2 aromatic carbocycles. The van der Waals surface area contributed by atoms with Gasteiger partial charge in [-0.15, -0.1) is 0 Å². The van der Waals surface area contributed by atoms with Gasteiger partial charge in [-0.1, -0.05) is 30.3 Å². The molecule has 0 atom stereocenters. The Hall–Kier alpha value is -3.38. The zero-order valence-corrected chi connectivity index (χ0v) is 19.4. The highest BCUT2D eigenvalue weighted by molar-refractivity contribution is 5.92. The van der Waals surface area contributed by atoms with E-state index in [-0.39, 0.29) is 11.5 Å². The van der Waals surface area contributed by atoms with Crippen LogP contribution in [0.1, 0.15) is 41.1 Å². The molecular formula is C27H29N3O3. The lowest BCUT2D eigenvalue weighted by molar-refractivity contribution is -0.133. The number of imidazole rings is 1. The van der Waals surface area contributed by atoms with Crippen molar-refractivity contribution < 1.29 is 14.3 Å². The van der Waals surface area contributed by atoms with Gasteiger partial charge < -0.3 is 18.9 Å².